The highest BCUT2D eigenvalue weighted by Gasteiger charge is 2.30. The van der Waals surface area contributed by atoms with Crippen LogP contribution in [0.4, 0.5) is 0 Å². The Labute approximate surface area is 170 Å². The molecular formula is C20H23N3O3S2. The first-order valence-electron chi connectivity index (χ1n) is 8.94. The van der Waals surface area contributed by atoms with Crippen molar-refractivity contribution in [2.75, 3.05) is 11.5 Å². The molecule has 1 atom stereocenters. The van der Waals surface area contributed by atoms with E-state index in [1.54, 1.807) is 11.0 Å². The molecule has 3 rings (SSSR count). The normalized spacial score (nSPS) is 17.6. The number of benzene rings is 1. The number of aryl methyl sites for hydroxylation is 2. The second-order valence-corrected chi connectivity index (χ2v) is 9.70. The minimum atomic E-state index is -3.26. The molecule has 1 aliphatic rings. The van der Waals surface area contributed by atoms with Crippen LogP contribution in [0.1, 0.15) is 22.5 Å². The first-order chi connectivity index (χ1) is 13.2. The summed E-state index contributed by atoms with van der Waals surface area (Å²) in [6, 6.07) is 9.11. The lowest BCUT2D eigenvalue weighted by molar-refractivity contribution is -0.130. The summed E-state index contributed by atoms with van der Waals surface area (Å²) in [5, 5.41) is 1.76. The van der Waals surface area contributed by atoms with Crippen molar-refractivity contribution in [3.63, 3.8) is 0 Å². The van der Waals surface area contributed by atoms with Gasteiger partial charge < -0.3 is 4.90 Å². The molecule has 0 bridgehead atoms. The zero-order chi connectivity index (χ0) is 20.3. The van der Waals surface area contributed by atoms with Crippen LogP contribution in [0, 0.1) is 20.8 Å². The number of nitrogens with zero attached hydrogens (tertiary/aromatic N) is 3. The number of hydrogen-bond donors (Lipinski definition) is 0. The average molecular weight is 418 g/mol. The molecule has 148 valence electrons. The molecule has 8 heteroatoms. The molecule has 1 aromatic carbocycles. The van der Waals surface area contributed by atoms with Crippen molar-refractivity contribution in [1.82, 2.24) is 14.9 Å². The summed E-state index contributed by atoms with van der Waals surface area (Å²) >= 11 is 1.28. The zero-order valence-corrected chi connectivity index (χ0v) is 17.8. The van der Waals surface area contributed by atoms with Gasteiger partial charge in [-0.1, -0.05) is 42.1 Å². The van der Waals surface area contributed by atoms with Gasteiger partial charge in [0.1, 0.15) is 0 Å². The highest BCUT2D eigenvalue weighted by Crippen LogP contribution is 2.22. The molecule has 0 N–H and O–H groups in total. The van der Waals surface area contributed by atoms with Gasteiger partial charge in [0.2, 0.25) is 5.91 Å². The van der Waals surface area contributed by atoms with E-state index in [0.717, 1.165) is 22.5 Å². The standard InChI is InChI=1S/C20H23N3O3S2/c1-14-15(2)21-20(22-16(14)3)27-12-19(24)23(11-17-7-5-4-6-8-17)18-9-10-28(25,26)13-18/h4-10,18H,11-13H2,1-3H3/t18-/m1/s1. The predicted molar refractivity (Wildman–Crippen MR) is 111 cm³/mol. The fourth-order valence-corrected chi connectivity index (χ4v) is 5.06. The Morgan fingerprint density at radius 1 is 1.14 bits per heavy atom. The summed E-state index contributed by atoms with van der Waals surface area (Å²) in [6.45, 7) is 6.17. The number of thioether (sulfide) groups is 1. The van der Waals surface area contributed by atoms with E-state index in [1.807, 2.05) is 51.1 Å². The summed E-state index contributed by atoms with van der Waals surface area (Å²) in [5.74, 6) is -0.0608. The van der Waals surface area contributed by atoms with Crippen molar-refractivity contribution >= 4 is 27.5 Å². The second kappa shape index (κ2) is 8.45. The molecule has 0 saturated heterocycles. The predicted octanol–water partition coefficient (Wildman–Crippen LogP) is 2.83. The van der Waals surface area contributed by atoms with Crippen LogP contribution < -0.4 is 0 Å². The van der Waals surface area contributed by atoms with Crippen LogP contribution in [-0.2, 0) is 21.2 Å². The van der Waals surface area contributed by atoms with Gasteiger partial charge >= 0.3 is 0 Å². The lowest BCUT2D eigenvalue weighted by Crippen LogP contribution is -2.41. The van der Waals surface area contributed by atoms with Crippen molar-refractivity contribution in [1.29, 1.82) is 0 Å². The Hall–Kier alpha value is -2.19. The van der Waals surface area contributed by atoms with Crippen LogP contribution in [0.5, 0.6) is 0 Å². The molecule has 6 nitrogen and oxygen atoms in total. The molecule has 1 amide bonds. The van der Waals surface area contributed by atoms with Crippen LogP contribution in [0.25, 0.3) is 0 Å². The quantitative estimate of drug-likeness (QED) is 0.531. The third-order valence-electron chi connectivity index (χ3n) is 4.76. The average Bonchev–Trinajstić information content (AvgIpc) is 3.02. The molecule has 0 radical (unpaired) electrons. The molecule has 2 aromatic rings. The number of hydrogen-bond acceptors (Lipinski definition) is 6. The molecule has 28 heavy (non-hydrogen) atoms. The van der Waals surface area contributed by atoms with E-state index in [2.05, 4.69) is 9.97 Å². The number of carbonyl (C=O) groups excluding carboxylic acids is 1. The van der Waals surface area contributed by atoms with Gasteiger partial charge in [-0.3, -0.25) is 4.79 Å². The topological polar surface area (TPSA) is 80.2 Å². The largest absolute Gasteiger partial charge is 0.330 e. The first-order valence-corrected chi connectivity index (χ1v) is 11.6. The Bertz CT molecular complexity index is 982. The molecule has 0 unspecified atom stereocenters. The van der Waals surface area contributed by atoms with Crippen LogP contribution in [0.15, 0.2) is 47.0 Å². The number of aromatic nitrogens is 2. The molecule has 2 heterocycles. The van der Waals surface area contributed by atoms with Gasteiger partial charge in [-0.2, -0.15) is 0 Å². The Kier molecular flexibility index (Phi) is 6.20. The van der Waals surface area contributed by atoms with Crippen molar-refractivity contribution in [3.8, 4) is 0 Å². The third-order valence-corrected chi connectivity index (χ3v) is 6.97. The van der Waals surface area contributed by atoms with Gasteiger partial charge in [0, 0.05) is 23.3 Å². The highest BCUT2D eigenvalue weighted by molar-refractivity contribution is 7.99. The number of sulfone groups is 1. The lowest BCUT2D eigenvalue weighted by Gasteiger charge is -2.27. The fraction of sp³-hybridized carbons (Fsp3) is 0.350. The molecule has 1 aromatic heterocycles. The third kappa shape index (κ3) is 4.99. The van der Waals surface area contributed by atoms with Crippen LogP contribution in [0.2, 0.25) is 0 Å². The SMILES string of the molecule is Cc1nc(SCC(=O)N(Cc2ccccc2)[C@@H]2C=CS(=O)(=O)C2)nc(C)c1C. The van der Waals surface area contributed by atoms with E-state index in [1.165, 1.54) is 17.2 Å². The molecule has 0 spiro atoms. The van der Waals surface area contributed by atoms with Crippen LogP contribution >= 0.6 is 11.8 Å². The minimum Gasteiger partial charge on any atom is -0.330 e. The van der Waals surface area contributed by atoms with Gasteiger partial charge in [0.05, 0.1) is 17.5 Å². The maximum absolute atomic E-state index is 13.0. The molecule has 0 fully saturated rings. The van der Waals surface area contributed by atoms with E-state index in [9.17, 15) is 13.2 Å². The van der Waals surface area contributed by atoms with E-state index < -0.39 is 15.9 Å². The maximum atomic E-state index is 13.0. The van der Waals surface area contributed by atoms with Gasteiger partial charge in [-0.25, -0.2) is 18.4 Å². The molecule has 0 aliphatic carbocycles. The van der Waals surface area contributed by atoms with Crippen LogP contribution in [-0.4, -0.2) is 46.7 Å². The summed E-state index contributed by atoms with van der Waals surface area (Å²) in [6.07, 6.45) is 1.59. The maximum Gasteiger partial charge on any atom is 0.233 e. The first kappa shape index (κ1) is 20.5. The van der Waals surface area contributed by atoms with Gasteiger partial charge in [-0.05, 0) is 38.0 Å². The number of amides is 1. The van der Waals surface area contributed by atoms with E-state index in [4.69, 9.17) is 0 Å². The summed E-state index contributed by atoms with van der Waals surface area (Å²) in [4.78, 5) is 23.5. The van der Waals surface area contributed by atoms with Crippen molar-refractivity contribution in [2.45, 2.75) is 38.5 Å². The molecule has 0 saturated carbocycles. The minimum absolute atomic E-state index is 0.0739. The Morgan fingerprint density at radius 2 is 1.79 bits per heavy atom. The number of rotatable bonds is 6. The molecular weight excluding hydrogens is 394 g/mol. The van der Waals surface area contributed by atoms with Gasteiger partial charge in [-0.15, -0.1) is 0 Å². The van der Waals surface area contributed by atoms with Crippen molar-refractivity contribution in [2.24, 2.45) is 0 Å². The van der Waals surface area contributed by atoms with Gasteiger partial charge in [0.25, 0.3) is 0 Å². The second-order valence-electron chi connectivity index (χ2n) is 6.82. The monoisotopic (exact) mass is 417 g/mol. The summed E-state index contributed by atoms with van der Waals surface area (Å²) < 4.78 is 23.7. The van der Waals surface area contributed by atoms with Crippen molar-refractivity contribution in [3.05, 3.63) is 64.3 Å². The van der Waals surface area contributed by atoms with E-state index >= 15 is 0 Å². The highest BCUT2D eigenvalue weighted by atomic mass is 32.2. The van der Waals surface area contributed by atoms with E-state index in [-0.39, 0.29) is 17.4 Å². The fourth-order valence-electron chi connectivity index (χ4n) is 2.94. The Balaban J connectivity index is 1.76. The number of carbonyl (C=O) groups is 1. The lowest BCUT2D eigenvalue weighted by atomic mass is 10.2. The smallest absolute Gasteiger partial charge is 0.233 e. The molecule has 1 aliphatic heterocycles. The Morgan fingerprint density at radius 3 is 2.36 bits per heavy atom. The van der Waals surface area contributed by atoms with Crippen LogP contribution in [0.3, 0.4) is 0 Å². The van der Waals surface area contributed by atoms with Gasteiger partial charge in [0.15, 0.2) is 15.0 Å². The summed E-state index contributed by atoms with van der Waals surface area (Å²) in [7, 11) is -3.26. The van der Waals surface area contributed by atoms with E-state index in [0.29, 0.717) is 11.7 Å². The van der Waals surface area contributed by atoms with Crippen molar-refractivity contribution < 1.29 is 13.2 Å². The summed E-state index contributed by atoms with van der Waals surface area (Å²) in [5.41, 5.74) is 3.79. The zero-order valence-electron chi connectivity index (χ0n) is 16.1.